The standard InChI is InChI=1S/C25H34O5P2.C10H20.C9H18.C6H14.C5H12.C3H8/c1-4-11-32(29-20-9-5-7-16(2)13-20)30-22-14-17(3)12-19-15-18-8-6-10-21(28-31-27)23(18)25(26)24(19)22;1-8(2)10-6-4-9(3)5-7-10;1-8(2)9-6-4-3-5-7-9;1-5(2)6(3)4;1-4-5(2)3;1-3-2/h6,8,10,12,16-17,20,27,31H,4-5,7,9,11,13-15H2,1-3H3;8-10H,4-7H2,1-3H3;8-9H,3-7H2,1-2H3;5-6H,1-4H3;5H,4H2,1-3H3;3H2,1-2H3. The SMILES string of the molecule is CC(C)C(C)C.CC(C)C1CCCCC1.CC1CCC(C(C)C)CC1.CCC.CCC(C)C.CCCP(OC1=C2C(=O)c3c(cccc3OPO)CC2=CC(C)C1)OC1CCCC(C)C1. The molecule has 7 heteroatoms. The van der Waals surface area contributed by atoms with E-state index in [4.69, 9.17) is 13.6 Å². The third kappa shape index (κ3) is 24.7. The molecule has 1 aromatic carbocycles. The van der Waals surface area contributed by atoms with Gasteiger partial charge in [-0.3, -0.25) is 4.79 Å². The number of carbonyl (C=O) groups is 1. The molecule has 6 rings (SSSR count). The van der Waals surface area contributed by atoms with Gasteiger partial charge in [-0.25, -0.2) is 0 Å². The molecule has 5 aliphatic rings. The molecule has 378 valence electrons. The summed E-state index contributed by atoms with van der Waals surface area (Å²) >= 11 is 0. The summed E-state index contributed by atoms with van der Waals surface area (Å²) in [6.07, 6.45) is 26.3. The zero-order valence-electron chi connectivity index (χ0n) is 45.6. The van der Waals surface area contributed by atoms with E-state index in [2.05, 4.69) is 124 Å². The Bertz CT molecular complexity index is 1440. The van der Waals surface area contributed by atoms with Gasteiger partial charge < -0.3 is 18.5 Å². The normalized spacial score (nSPS) is 23.6. The quantitative estimate of drug-likeness (QED) is 0.212. The topological polar surface area (TPSA) is 65.0 Å². The van der Waals surface area contributed by atoms with E-state index in [1.165, 1.54) is 83.5 Å². The number of Topliss-reactive ketones (excluding diaryl/α,β-unsaturated/α-hetero) is 1. The fraction of sp³-hybridized carbons (Fsp3) is 0.810. The van der Waals surface area contributed by atoms with Gasteiger partial charge in [0.25, 0.3) is 0 Å². The second-order valence-corrected chi connectivity index (χ2v) is 24.1. The van der Waals surface area contributed by atoms with Crippen LogP contribution in [0.2, 0.25) is 0 Å². The van der Waals surface area contributed by atoms with Gasteiger partial charge in [0.1, 0.15) is 11.5 Å². The maximum atomic E-state index is 13.7. The van der Waals surface area contributed by atoms with E-state index in [0.29, 0.717) is 41.6 Å². The third-order valence-corrected chi connectivity index (χ3v) is 16.3. The molecule has 0 heterocycles. The maximum Gasteiger partial charge on any atom is 0.229 e. The first-order chi connectivity index (χ1) is 30.8. The molecule has 0 aromatic heterocycles. The summed E-state index contributed by atoms with van der Waals surface area (Å²) in [6.45, 7) is 38.3. The van der Waals surface area contributed by atoms with E-state index in [0.717, 1.165) is 89.7 Å². The molecule has 5 aliphatic carbocycles. The van der Waals surface area contributed by atoms with Crippen molar-refractivity contribution in [3.8, 4) is 5.75 Å². The molecule has 3 fully saturated rings. The Morgan fingerprint density at radius 2 is 1.31 bits per heavy atom. The molecule has 0 saturated heterocycles. The average molecular weight is 945 g/mol. The summed E-state index contributed by atoms with van der Waals surface area (Å²) in [5.41, 5.74) is 3.21. The minimum Gasteiger partial charge on any atom is -0.451 e. The lowest BCUT2D eigenvalue weighted by atomic mass is 9.77. The van der Waals surface area contributed by atoms with Crippen LogP contribution in [-0.4, -0.2) is 22.9 Å². The van der Waals surface area contributed by atoms with Crippen LogP contribution in [0.5, 0.6) is 5.75 Å². The smallest absolute Gasteiger partial charge is 0.229 e. The monoisotopic (exact) mass is 945 g/mol. The van der Waals surface area contributed by atoms with Gasteiger partial charge in [-0.1, -0.05) is 207 Å². The molecule has 0 bridgehead atoms. The van der Waals surface area contributed by atoms with Gasteiger partial charge >= 0.3 is 0 Å². The number of fused-ring (bicyclic) bond motifs is 2. The van der Waals surface area contributed by atoms with Gasteiger partial charge in [-0.05, 0) is 115 Å². The molecule has 5 atom stereocenters. The van der Waals surface area contributed by atoms with Crippen molar-refractivity contribution in [2.75, 3.05) is 6.16 Å². The summed E-state index contributed by atoms with van der Waals surface area (Å²) in [5.74, 6) is 9.71. The molecule has 5 unspecified atom stereocenters. The summed E-state index contributed by atoms with van der Waals surface area (Å²) in [5, 5.41) is 0. The van der Waals surface area contributed by atoms with Crippen LogP contribution in [0.4, 0.5) is 0 Å². The molecule has 65 heavy (non-hydrogen) atoms. The van der Waals surface area contributed by atoms with E-state index in [1.54, 1.807) is 6.07 Å². The molecule has 5 nitrogen and oxygen atoms in total. The van der Waals surface area contributed by atoms with E-state index in [-0.39, 0.29) is 11.9 Å². The number of ketones is 1. The lowest BCUT2D eigenvalue weighted by Crippen LogP contribution is -2.24. The molecule has 3 saturated carbocycles. The first-order valence-electron chi connectivity index (χ1n) is 27.1. The molecule has 0 spiro atoms. The van der Waals surface area contributed by atoms with Crippen LogP contribution in [-0.2, 0) is 15.5 Å². The Balaban J connectivity index is 0.000000516. The number of benzene rings is 1. The van der Waals surface area contributed by atoms with E-state index in [1.807, 2.05) is 12.1 Å². The summed E-state index contributed by atoms with van der Waals surface area (Å²) in [6, 6.07) is 5.59. The highest BCUT2D eigenvalue weighted by molar-refractivity contribution is 7.47. The highest BCUT2D eigenvalue weighted by Crippen LogP contribution is 2.50. The minimum atomic E-state index is -1.08. The number of rotatable bonds is 12. The van der Waals surface area contributed by atoms with Crippen molar-refractivity contribution >= 4 is 23.2 Å². The molecule has 0 radical (unpaired) electrons. The highest BCUT2D eigenvalue weighted by Gasteiger charge is 2.36. The Hall–Kier alpha value is -1.25. The van der Waals surface area contributed by atoms with Gasteiger partial charge in [0, 0.05) is 12.6 Å². The van der Waals surface area contributed by atoms with E-state index < -0.39 is 17.4 Å². The van der Waals surface area contributed by atoms with Gasteiger partial charge in [0.15, 0.2) is 0 Å². The van der Waals surface area contributed by atoms with Crippen LogP contribution in [0, 0.1) is 59.2 Å². The number of hydrogen-bond acceptors (Lipinski definition) is 5. The Morgan fingerprint density at radius 1 is 0.738 bits per heavy atom. The largest absolute Gasteiger partial charge is 0.451 e. The fourth-order valence-electron chi connectivity index (χ4n) is 8.83. The molecule has 0 amide bonds. The van der Waals surface area contributed by atoms with Crippen molar-refractivity contribution in [1.82, 2.24) is 0 Å². The molecular weight excluding hydrogens is 839 g/mol. The summed E-state index contributed by atoms with van der Waals surface area (Å²) in [7, 11) is -1.78. The van der Waals surface area contributed by atoms with Crippen molar-refractivity contribution in [3.05, 3.63) is 52.3 Å². The van der Waals surface area contributed by atoms with E-state index in [9.17, 15) is 9.69 Å². The third-order valence-electron chi connectivity index (χ3n) is 14.2. The van der Waals surface area contributed by atoms with Crippen LogP contribution in [0.25, 0.3) is 0 Å². The second-order valence-electron chi connectivity index (χ2n) is 22.2. The van der Waals surface area contributed by atoms with Gasteiger partial charge in [0.2, 0.25) is 23.2 Å². The predicted octanol–water partition coefficient (Wildman–Crippen LogP) is 19.3. The van der Waals surface area contributed by atoms with Crippen LogP contribution in [0.15, 0.2) is 41.2 Å². The predicted molar refractivity (Wildman–Crippen MR) is 288 cm³/mol. The molecule has 0 aliphatic heterocycles. The van der Waals surface area contributed by atoms with Crippen molar-refractivity contribution in [2.45, 2.75) is 239 Å². The highest BCUT2D eigenvalue weighted by atomic mass is 31.2. The molecular formula is C58H106O5P2. The fourth-order valence-corrected chi connectivity index (χ4v) is 10.6. The second kappa shape index (κ2) is 34.9. The average Bonchev–Trinajstić information content (AvgIpc) is 3.25. The minimum absolute atomic E-state index is 0.0639. The first-order valence-corrected chi connectivity index (χ1v) is 29.3. The number of allylic oxidation sites excluding steroid dienone is 4. The Labute approximate surface area is 407 Å². The number of hydrogen-bond donors (Lipinski definition) is 1. The van der Waals surface area contributed by atoms with E-state index >= 15 is 0 Å². The van der Waals surface area contributed by atoms with Crippen molar-refractivity contribution < 1.29 is 23.3 Å². The summed E-state index contributed by atoms with van der Waals surface area (Å²) in [4.78, 5) is 23.0. The van der Waals surface area contributed by atoms with Gasteiger partial charge in [-0.15, -0.1) is 0 Å². The molecule has 1 aromatic rings. The lowest BCUT2D eigenvalue weighted by molar-refractivity contribution is 0.102. The zero-order valence-corrected chi connectivity index (χ0v) is 47.5. The van der Waals surface area contributed by atoms with Gasteiger partial charge in [0.05, 0.1) is 17.2 Å². The van der Waals surface area contributed by atoms with Crippen LogP contribution >= 0.6 is 17.4 Å². The maximum absolute atomic E-state index is 13.7. The Kier molecular flexibility index (Phi) is 33.2. The van der Waals surface area contributed by atoms with Gasteiger partial charge in [-0.2, -0.15) is 0 Å². The number of carbonyl (C=O) groups excluding carboxylic acids is 1. The van der Waals surface area contributed by atoms with Crippen LogP contribution in [0.1, 0.15) is 243 Å². The first kappa shape index (κ1) is 61.8. The van der Waals surface area contributed by atoms with Crippen LogP contribution < -0.4 is 4.52 Å². The van der Waals surface area contributed by atoms with Crippen molar-refractivity contribution in [3.63, 3.8) is 0 Å². The molecule has 1 N–H and O–H groups in total. The zero-order chi connectivity index (χ0) is 49.1. The summed E-state index contributed by atoms with van der Waals surface area (Å²) < 4.78 is 18.5. The lowest BCUT2D eigenvalue weighted by Gasteiger charge is -2.33. The van der Waals surface area contributed by atoms with Crippen molar-refractivity contribution in [2.24, 2.45) is 59.2 Å². The van der Waals surface area contributed by atoms with Crippen molar-refractivity contribution in [1.29, 1.82) is 0 Å². The Morgan fingerprint density at radius 3 is 1.78 bits per heavy atom. The van der Waals surface area contributed by atoms with Crippen LogP contribution in [0.3, 0.4) is 0 Å².